The molecular weight excluding hydrogens is 380 g/mol. The van der Waals surface area contributed by atoms with Crippen LogP contribution in [-0.4, -0.2) is 30.0 Å². The zero-order chi connectivity index (χ0) is 20.0. The maximum atomic E-state index is 12.3. The van der Waals surface area contributed by atoms with E-state index in [1.807, 2.05) is 42.8 Å². The molecule has 0 aliphatic carbocycles. The molecule has 4 aromatic rings. The van der Waals surface area contributed by atoms with Gasteiger partial charge in [-0.2, -0.15) is 4.98 Å². The first-order chi connectivity index (χ1) is 13.4. The first kappa shape index (κ1) is 18.4. The van der Waals surface area contributed by atoms with Gasteiger partial charge in [-0.3, -0.25) is 18.7 Å². The number of aromatic nitrogens is 5. The normalized spacial score (nSPS) is 11.6. The molecule has 28 heavy (non-hydrogen) atoms. The highest BCUT2D eigenvalue weighted by Crippen LogP contribution is 2.20. The second-order valence-electron chi connectivity index (χ2n) is 6.94. The lowest BCUT2D eigenvalue weighted by atomic mass is 10.2. The van der Waals surface area contributed by atoms with Crippen LogP contribution in [0.5, 0.6) is 0 Å². The highest BCUT2D eigenvalue weighted by molar-refractivity contribution is 6.31. The second-order valence-corrected chi connectivity index (χ2v) is 7.35. The molecule has 0 saturated heterocycles. The van der Waals surface area contributed by atoms with E-state index in [-0.39, 0.29) is 0 Å². The van der Waals surface area contributed by atoms with Crippen LogP contribution in [0.25, 0.3) is 16.9 Å². The van der Waals surface area contributed by atoms with E-state index in [4.69, 9.17) is 11.6 Å². The molecule has 0 aliphatic rings. The van der Waals surface area contributed by atoms with Crippen molar-refractivity contribution in [2.45, 2.75) is 26.8 Å². The van der Waals surface area contributed by atoms with Crippen LogP contribution in [-0.2, 0) is 13.6 Å². The Hall–Kier alpha value is -3.00. The van der Waals surface area contributed by atoms with Crippen LogP contribution in [0.4, 0.5) is 5.69 Å². The summed E-state index contributed by atoms with van der Waals surface area (Å²) in [6.07, 6.45) is 2.73. The first-order valence-corrected chi connectivity index (χ1v) is 9.42. The van der Waals surface area contributed by atoms with Gasteiger partial charge < -0.3 is 9.88 Å². The number of imidazole rings is 2. The van der Waals surface area contributed by atoms with Crippen molar-refractivity contribution in [3.63, 3.8) is 0 Å². The smallest absolute Gasteiger partial charge is 0.329 e. The molecule has 4 rings (SSSR count). The fourth-order valence-corrected chi connectivity index (χ4v) is 3.55. The van der Waals surface area contributed by atoms with Gasteiger partial charge in [0.1, 0.15) is 0 Å². The summed E-state index contributed by atoms with van der Waals surface area (Å²) in [6.45, 7) is 5.44. The number of aromatic amines is 1. The maximum Gasteiger partial charge on any atom is 0.329 e. The average Bonchev–Trinajstić information content (AvgIpc) is 3.15. The number of nitrogens with zero attached hydrogens (tertiary/aromatic N) is 4. The first-order valence-electron chi connectivity index (χ1n) is 9.04. The molecule has 1 aromatic carbocycles. The van der Waals surface area contributed by atoms with Crippen molar-refractivity contribution in [2.75, 3.05) is 11.9 Å². The Kier molecular flexibility index (Phi) is 4.50. The molecule has 146 valence electrons. The molecule has 0 unspecified atom stereocenters. The van der Waals surface area contributed by atoms with Crippen molar-refractivity contribution in [3.8, 4) is 0 Å². The van der Waals surface area contributed by atoms with E-state index in [0.717, 1.165) is 41.5 Å². The van der Waals surface area contributed by atoms with Crippen LogP contribution in [0.3, 0.4) is 0 Å². The topological polar surface area (TPSA) is 89.1 Å². The Morgan fingerprint density at radius 1 is 1.25 bits per heavy atom. The van der Waals surface area contributed by atoms with Crippen molar-refractivity contribution >= 4 is 34.2 Å². The molecule has 0 radical (unpaired) electrons. The summed E-state index contributed by atoms with van der Waals surface area (Å²) in [5.74, 6) is 0.651. The monoisotopic (exact) mass is 400 g/mol. The number of H-pyrrole nitrogens is 1. The standard InChI is InChI=1S/C19H21ClN6O2/c1-11-5-6-13(9-14(11)20)21-7-4-8-25-12(2)10-26-15-16(22-18(25)26)24(3)19(28)23-17(15)27/h5-6,9-10,21H,4,7-8H2,1-3H3,(H,23,27,28). The summed E-state index contributed by atoms with van der Waals surface area (Å²) in [6, 6.07) is 5.92. The number of fused-ring (bicyclic) bond motifs is 3. The van der Waals surface area contributed by atoms with E-state index >= 15 is 0 Å². The Morgan fingerprint density at radius 3 is 2.79 bits per heavy atom. The number of aryl methyl sites for hydroxylation is 4. The molecule has 8 nitrogen and oxygen atoms in total. The van der Waals surface area contributed by atoms with Crippen molar-refractivity contribution < 1.29 is 0 Å². The molecule has 0 amide bonds. The number of anilines is 1. The van der Waals surface area contributed by atoms with Crippen LogP contribution in [0.15, 0.2) is 34.0 Å². The highest BCUT2D eigenvalue weighted by atomic mass is 35.5. The van der Waals surface area contributed by atoms with Crippen LogP contribution in [0.1, 0.15) is 17.7 Å². The minimum absolute atomic E-state index is 0.380. The summed E-state index contributed by atoms with van der Waals surface area (Å²) < 4.78 is 5.15. The van der Waals surface area contributed by atoms with Gasteiger partial charge in [0.2, 0.25) is 5.78 Å². The lowest BCUT2D eigenvalue weighted by Gasteiger charge is -2.09. The van der Waals surface area contributed by atoms with Gasteiger partial charge in [-0.1, -0.05) is 17.7 Å². The van der Waals surface area contributed by atoms with E-state index in [1.54, 1.807) is 11.4 Å². The number of hydrogen-bond donors (Lipinski definition) is 2. The summed E-state index contributed by atoms with van der Waals surface area (Å²) in [4.78, 5) is 31.0. The van der Waals surface area contributed by atoms with Gasteiger partial charge in [-0.05, 0) is 38.0 Å². The molecular formula is C19H21ClN6O2. The van der Waals surface area contributed by atoms with Crippen molar-refractivity contribution in [3.05, 3.63) is 61.5 Å². The Morgan fingerprint density at radius 2 is 2.04 bits per heavy atom. The summed E-state index contributed by atoms with van der Waals surface area (Å²) in [5, 5.41) is 4.11. The fraction of sp³-hybridized carbons (Fsp3) is 0.316. The van der Waals surface area contributed by atoms with Crippen molar-refractivity contribution in [1.82, 2.24) is 23.5 Å². The summed E-state index contributed by atoms with van der Waals surface area (Å²) in [5.41, 5.74) is 2.89. The molecule has 0 spiro atoms. The maximum absolute atomic E-state index is 12.3. The van der Waals surface area contributed by atoms with Crippen LogP contribution >= 0.6 is 11.6 Å². The molecule has 0 atom stereocenters. The van der Waals surface area contributed by atoms with Gasteiger partial charge in [0.25, 0.3) is 5.56 Å². The van der Waals surface area contributed by atoms with Crippen molar-refractivity contribution in [2.24, 2.45) is 7.05 Å². The Balaban J connectivity index is 1.58. The number of halogens is 1. The summed E-state index contributed by atoms with van der Waals surface area (Å²) >= 11 is 6.16. The van der Waals surface area contributed by atoms with Gasteiger partial charge >= 0.3 is 5.69 Å². The van der Waals surface area contributed by atoms with Gasteiger partial charge in [0.05, 0.1) is 0 Å². The minimum atomic E-state index is -0.470. The predicted molar refractivity (Wildman–Crippen MR) is 111 cm³/mol. The van der Waals surface area contributed by atoms with E-state index in [9.17, 15) is 9.59 Å². The van der Waals surface area contributed by atoms with E-state index in [2.05, 4.69) is 15.3 Å². The van der Waals surface area contributed by atoms with Crippen LogP contribution in [0.2, 0.25) is 5.02 Å². The number of hydrogen-bond acceptors (Lipinski definition) is 4. The third-order valence-corrected chi connectivity index (χ3v) is 5.38. The molecule has 3 aromatic heterocycles. The second kappa shape index (κ2) is 6.87. The molecule has 9 heteroatoms. The SMILES string of the molecule is Cc1ccc(NCCCn2c(C)cn3c4c(=O)[nH]c(=O)n(C)c4nc23)cc1Cl. The third kappa shape index (κ3) is 2.99. The van der Waals surface area contributed by atoms with Gasteiger partial charge in [-0.15, -0.1) is 0 Å². The zero-order valence-electron chi connectivity index (χ0n) is 15.9. The lowest BCUT2D eigenvalue weighted by molar-refractivity contribution is 0.660. The van der Waals surface area contributed by atoms with Gasteiger partial charge in [0, 0.05) is 42.7 Å². The van der Waals surface area contributed by atoms with E-state index in [0.29, 0.717) is 16.9 Å². The molecule has 3 heterocycles. The highest BCUT2D eigenvalue weighted by Gasteiger charge is 2.17. The molecule has 0 bridgehead atoms. The summed E-state index contributed by atoms with van der Waals surface area (Å²) in [7, 11) is 1.60. The number of nitrogens with one attached hydrogen (secondary N) is 2. The third-order valence-electron chi connectivity index (χ3n) is 4.97. The van der Waals surface area contributed by atoms with Gasteiger partial charge in [0.15, 0.2) is 11.2 Å². The minimum Gasteiger partial charge on any atom is -0.385 e. The molecule has 0 fully saturated rings. The van der Waals surface area contributed by atoms with Gasteiger partial charge in [-0.25, -0.2) is 4.79 Å². The molecule has 2 N–H and O–H groups in total. The lowest BCUT2D eigenvalue weighted by Crippen LogP contribution is -2.28. The quantitative estimate of drug-likeness (QED) is 0.503. The van der Waals surface area contributed by atoms with Crippen LogP contribution < -0.4 is 16.6 Å². The van der Waals surface area contributed by atoms with Crippen molar-refractivity contribution in [1.29, 1.82) is 0 Å². The largest absolute Gasteiger partial charge is 0.385 e. The fourth-order valence-electron chi connectivity index (χ4n) is 3.37. The van der Waals surface area contributed by atoms with E-state index in [1.165, 1.54) is 4.57 Å². The Bertz CT molecular complexity index is 1310. The Labute approximate surface area is 165 Å². The zero-order valence-corrected chi connectivity index (χ0v) is 16.7. The molecule has 0 saturated carbocycles. The van der Waals surface area contributed by atoms with E-state index < -0.39 is 11.2 Å². The van der Waals surface area contributed by atoms with Crippen LogP contribution in [0, 0.1) is 13.8 Å². The number of benzene rings is 1. The number of rotatable bonds is 5. The molecule has 0 aliphatic heterocycles. The predicted octanol–water partition coefficient (Wildman–Crippen LogP) is 2.45. The average molecular weight is 401 g/mol.